The van der Waals surface area contributed by atoms with Crippen molar-refractivity contribution in [2.75, 3.05) is 19.8 Å². The second kappa shape index (κ2) is 4.28. The summed E-state index contributed by atoms with van der Waals surface area (Å²) in [5.74, 6) is 0.600. The standard InChI is InChI=1S/C10H18N2O2/c1-7-2-4-11-9(7)10(13)12-8-3-5-14-6-8/h7-9,11H,2-6H2,1H3,(H,12,13). The molecule has 0 spiro atoms. The summed E-state index contributed by atoms with van der Waals surface area (Å²) < 4.78 is 5.21. The van der Waals surface area contributed by atoms with E-state index in [0.717, 1.165) is 26.0 Å². The Morgan fingerprint density at radius 3 is 2.93 bits per heavy atom. The van der Waals surface area contributed by atoms with Crippen molar-refractivity contribution in [2.24, 2.45) is 5.92 Å². The molecule has 1 amide bonds. The minimum atomic E-state index is 0.00981. The number of carbonyl (C=O) groups excluding carboxylic acids is 1. The molecule has 4 heteroatoms. The minimum absolute atomic E-state index is 0.00981. The van der Waals surface area contributed by atoms with Crippen molar-refractivity contribution in [3.05, 3.63) is 0 Å². The predicted molar refractivity (Wildman–Crippen MR) is 52.9 cm³/mol. The van der Waals surface area contributed by atoms with E-state index in [0.29, 0.717) is 12.5 Å². The quantitative estimate of drug-likeness (QED) is 0.651. The molecule has 2 aliphatic heterocycles. The highest BCUT2D eigenvalue weighted by Crippen LogP contribution is 2.15. The second-order valence-electron chi connectivity index (χ2n) is 4.27. The summed E-state index contributed by atoms with van der Waals surface area (Å²) >= 11 is 0. The number of rotatable bonds is 2. The molecule has 0 radical (unpaired) electrons. The SMILES string of the molecule is CC1CCNC1C(=O)NC1CCOC1. The fourth-order valence-electron chi connectivity index (χ4n) is 2.12. The van der Waals surface area contributed by atoms with E-state index in [1.54, 1.807) is 0 Å². The molecule has 2 aliphatic rings. The van der Waals surface area contributed by atoms with Crippen molar-refractivity contribution in [3.63, 3.8) is 0 Å². The molecule has 0 bridgehead atoms. The van der Waals surface area contributed by atoms with E-state index in [9.17, 15) is 4.79 Å². The number of hydrogen-bond donors (Lipinski definition) is 2. The van der Waals surface area contributed by atoms with Gasteiger partial charge in [0.1, 0.15) is 0 Å². The summed E-state index contributed by atoms with van der Waals surface area (Å²) in [6.07, 6.45) is 2.05. The highest BCUT2D eigenvalue weighted by molar-refractivity contribution is 5.82. The first-order valence-corrected chi connectivity index (χ1v) is 5.39. The van der Waals surface area contributed by atoms with Gasteiger partial charge in [0.05, 0.1) is 18.7 Å². The van der Waals surface area contributed by atoms with Gasteiger partial charge in [0.25, 0.3) is 0 Å². The van der Waals surface area contributed by atoms with Crippen LogP contribution in [-0.4, -0.2) is 37.7 Å². The Bertz CT molecular complexity index is 214. The van der Waals surface area contributed by atoms with Crippen LogP contribution in [0.5, 0.6) is 0 Å². The number of hydrogen-bond acceptors (Lipinski definition) is 3. The fraction of sp³-hybridized carbons (Fsp3) is 0.900. The topological polar surface area (TPSA) is 50.4 Å². The van der Waals surface area contributed by atoms with Gasteiger partial charge in [-0.25, -0.2) is 0 Å². The van der Waals surface area contributed by atoms with E-state index in [1.807, 2.05) is 0 Å². The zero-order valence-corrected chi connectivity index (χ0v) is 8.58. The van der Waals surface area contributed by atoms with Crippen LogP contribution in [0.2, 0.25) is 0 Å². The maximum absolute atomic E-state index is 11.8. The van der Waals surface area contributed by atoms with Gasteiger partial charge in [-0.15, -0.1) is 0 Å². The van der Waals surface area contributed by atoms with E-state index in [2.05, 4.69) is 17.6 Å². The molecule has 0 saturated carbocycles. The van der Waals surface area contributed by atoms with Gasteiger partial charge < -0.3 is 15.4 Å². The molecule has 0 aromatic carbocycles. The Morgan fingerprint density at radius 2 is 2.36 bits per heavy atom. The second-order valence-corrected chi connectivity index (χ2v) is 4.27. The van der Waals surface area contributed by atoms with Gasteiger partial charge >= 0.3 is 0 Å². The maximum Gasteiger partial charge on any atom is 0.237 e. The van der Waals surface area contributed by atoms with Crippen molar-refractivity contribution in [1.29, 1.82) is 0 Å². The lowest BCUT2D eigenvalue weighted by atomic mass is 10.0. The third-order valence-electron chi connectivity index (χ3n) is 3.09. The zero-order valence-electron chi connectivity index (χ0n) is 8.58. The highest BCUT2D eigenvalue weighted by Gasteiger charge is 2.30. The van der Waals surface area contributed by atoms with Crippen LogP contribution in [0.4, 0.5) is 0 Å². The molecule has 4 nitrogen and oxygen atoms in total. The summed E-state index contributed by atoms with van der Waals surface area (Å²) in [5.41, 5.74) is 0. The van der Waals surface area contributed by atoms with Gasteiger partial charge in [0, 0.05) is 6.61 Å². The maximum atomic E-state index is 11.8. The summed E-state index contributed by atoms with van der Waals surface area (Å²) in [4.78, 5) is 11.8. The van der Waals surface area contributed by atoms with Crippen LogP contribution in [0, 0.1) is 5.92 Å². The Labute approximate surface area is 84.4 Å². The van der Waals surface area contributed by atoms with Crippen LogP contribution in [0.25, 0.3) is 0 Å². The smallest absolute Gasteiger partial charge is 0.237 e. The first-order valence-electron chi connectivity index (χ1n) is 5.39. The molecule has 80 valence electrons. The van der Waals surface area contributed by atoms with Crippen molar-refractivity contribution >= 4 is 5.91 Å². The number of carbonyl (C=O) groups is 1. The lowest BCUT2D eigenvalue weighted by molar-refractivity contribution is -0.124. The lowest BCUT2D eigenvalue weighted by Crippen LogP contribution is -2.47. The molecule has 3 unspecified atom stereocenters. The molecule has 2 N–H and O–H groups in total. The molecule has 14 heavy (non-hydrogen) atoms. The molecular weight excluding hydrogens is 180 g/mol. The Morgan fingerprint density at radius 1 is 1.50 bits per heavy atom. The predicted octanol–water partition coefficient (Wildman–Crippen LogP) is -0.111. The van der Waals surface area contributed by atoms with E-state index >= 15 is 0 Å². The van der Waals surface area contributed by atoms with Crippen LogP contribution in [0.3, 0.4) is 0 Å². The monoisotopic (exact) mass is 198 g/mol. The third kappa shape index (κ3) is 2.07. The first-order chi connectivity index (χ1) is 6.77. The minimum Gasteiger partial charge on any atom is -0.379 e. The summed E-state index contributed by atoms with van der Waals surface area (Å²) in [6, 6.07) is 0.243. The summed E-state index contributed by atoms with van der Waals surface area (Å²) in [5, 5.41) is 6.25. The average molecular weight is 198 g/mol. The van der Waals surface area contributed by atoms with E-state index in [1.165, 1.54) is 0 Å². The average Bonchev–Trinajstić information content (AvgIpc) is 2.75. The van der Waals surface area contributed by atoms with Gasteiger partial charge in [0.15, 0.2) is 0 Å². The fourth-order valence-corrected chi connectivity index (χ4v) is 2.12. The largest absolute Gasteiger partial charge is 0.379 e. The van der Waals surface area contributed by atoms with Gasteiger partial charge in [-0.1, -0.05) is 6.92 Å². The number of ether oxygens (including phenoxy) is 1. The van der Waals surface area contributed by atoms with Gasteiger partial charge in [-0.2, -0.15) is 0 Å². The van der Waals surface area contributed by atoms with Crippen LogP contribution in [0.15, 0.2) is 0 Å². The highest BCUT2D eigenvalue weighted by atomic mass is 16.5. The molecule has 2 saturated heterocycles. The summed E-state index contributed by atoms with van der Waals surface area (Å²) in [6.45, 7) is 4.53. The molecule has 2 fully saturated rings. The zero-order chi connectivity index (χ0) is 9.97. The third-order valence-corrected chi connectivity index (χ3v) is 3.09. The molecule has 0 aromatic rings. The normalized spacial score (nSPS) is 37.4. The molecule has 3 atom stereocenters. The Kier molecular flexibility index (Phi) is 3.03. The lowest BCUT2D eigenvalue weighted by Gasteiger charge is -2.18. The van der Waals surface area contributed by atoms with Crippen molar-refractivity contribution in [1.82, 2.24) is 10.6 Å². The molecule has 2 heterocycles. The molecule has 0 aromatic heterocycles. The van der Waals surface area contributed by atoms with E-state index in [-0.39, 0.29) is 18.0 Å². The van der Waals surface area contributed by atoms with E-state index in [4.69, 9.17) is 4.74 Å². The number of nitrogens with one attached hydrogen (secondary N) is 2. The van der Waals surface area contributed by atoms with E-state index < -0.39 is 0 Å². The van der Waals surface area contributed by atoms with Crippen molar-refractivity contribution < 1.29 is 9.53 Å². The molecular formula is C10H18N2O2. The van der Waals surface area contributed by atoms with Gasteiger partial charge in [0.2, 0.25) is 5.91 Å². The van der Waals surface area contributed by atoms with Crippen LogP contribution >= 0.6 is 0 Å². The number of amides is 1. The van der Waals surface area contributed by atoms with Crippen molar-refractivity contribution in [3.8, 4) is 0 Å². The van der Waals surface area contributed by atoms with Crippen LogP contribution < -0.4 is 10.6 Å². The van der Waals surface area contributed by atoms with Crippen molar-refractivity contribution in [2.45, 2.75) is 31.8 Å². The first kappa shape index (κ1) is 9.93. The van der Waals surface area contributed by atoms with Gasteiger partial charge in [-0.05, 0) is 25.3 Å². The Hall–Kier alpha value is -0.610. The Balaban J connectivity index is 1.82. The van der Waals surface area contributed by atoms with Gasteiger partial charge in [-0.3, -0.25) is 4.79 Å². The summed E-state index contributed by atoms with van der Waals surface area (Å²) in [7, 11) is 0. The van der Waals surface area contributed by atoms with Crippen LogP contribution in [-0.2, 0) is 9.53 Å². The molecule has 0 aliphatic carbocycles. The molecule has 2 rings (SSSR count). The van der Waals surface area contributed by atoms with Crippen LogP contribution in [0.1, 0.15) is 19.8 Å².